The second kappa shape index (κ2) is 24.8. The van der Waals surface area contributed by atoms with Gasteiger partial charge in [0.15, 0.2) is 0 Å². The van der Waals surface area contributed by atoms with E-state index in [2.05, 4.69) is 106 Å². The summed E-state index contributed by atoms with van der Waals surface area (Å²) in [6.07, 6.45) is 34.1. The lowest BCUT2D eigenvalue weighted by atomic mass is 9.93. The lowest BCUT2D eigenvalue weighted by Crippen LogP contribution is -2.22. The number of hydrogen-bond acceptors (Lipinski definition) is 1. The fraction of sp³-hybridized carbons (Fsp3) is 0.707. The second-order valence-electron chi connectivity index (χ2n) is 14.1. The van der Waals surface area contributed by atoms with Crippen LogP contribution in [-0.2, 0) is 4.74 Å². The molecule has 0 aliphatic heterocycles. The van der Waals surface area contributed by atoms with E-state index in [0.29, 0.717) is 0 Å². The van der Waals surface area contributed by atoms with Crippen molar-refractivity contribution in [1.29, 1.82) is 0 Å². The third-order valence-electron chi connectivity index (χ3n) is 8.63. The average Bonchev–Trinajstić information content (AvgIpc) is 2.91. The molecule has 0 radical (unpaired) electrons. The van der Waals surface area contributed by atoms with Crippen LogP contribution < -0.4 is 0 Å². The molecule has 0 saturated carbocycles. The summed E-state index contributed by atoms with van der Waals surface area (Å²) in [5.41, 5.74) is 9.17. The van der Waals surface area contributed by atoms with Crippen molar-refractivity contribution in [2.24, 2.45) is 5.92 Å². The highest BCUT2D eigenvalue weighted by Gasteiger charge is 2.15. The Bertz CT molecular complexity index is 882. The molecule has 0 amide bonds. The molecule has 0 spiro atoms. The Morgan fingerprint density at radius 2 is 0.929 bits per heavy atom. The number of methoxy groups -OCH3 is 1. The van der Waals surface area contributed by atoms with E-state index in [1.54, 1.807) is 16.7 Å². The van der Waals surface area contributed by atoms with Crippen molar-refractivity contribution in [2.45, 2.75) is 178 Å². The first kappa shape index (κ1) is 40.4. The molecular weight excluding hydrogens is 508 g/mol. The Balaban J connectivity index is 4.08. The van der Waals surface area contributed by atoms with E-state index in [9.17, 15) is 0 Å². The zero-order chi connectivity index (χ0) is 31.8. The molecule has 1 heteroatoms. The zero-order valence-electron chi connectivity index (χ0n) is 30.3. The van der Waals surface area contributed by atoms with Gasteiger partial charge < -0.3 is 4.74 Å². The van der Waals surface area contributed by atoms with Crippen molar-refractivity contribution in [3.05, 3.63) is 69.9 Å². The first-order chi connectivity index (χ1) is 19.8. The summed E-state index contributed by atoms with van der Waals surface area (Å²) in [6, 6.07) is 0. The second-order valence-corrected chi connectivity index (χ2v) is 14.1. The van der Waals surface area contributed by atoms with E-state index >= 15 is 0 Å². The van der Waals surface area contributed by atoms with Gasteiger partial charge >= 0.3 is 0 Å². The summed E-state index contributed by atoms with van der Waals surface area (Å²) < 4.78 is 5.55. The van der Waals surface area contributed by atoms with Crippen molar-refractivity contribution < 1.29 is 4.74 Å². The first-order valence-electron chi connectivity index (χ1n) is 17.3. The number of unbranched alkanes of at least 4 members (excludes halogenated alkanes) is 1. The molecule has 0 N–H and O–H groups in total. The van der Waals surface area contributed by atoms with Crippen molar-refractivity contribution >= 4 is 0 Å². The van der Waals surface area contributed by atoms with Crippen LogP contribution in [0.1, 0.15) is 172 Å². The maximum atomic E-state index is 5.55. The number of hydrogen-bond donors (Lipinski definition) is 0. The molecule has 0 saturated heterocycles. The van der Waals surface area contributed by atoms with Crippen LogP contribution in [0, 0.1) is 5.92 Å². The number of allylic oxidation sites excluding steroid dienone is 12. The van der Waals surface area contributed by atoms with Gasteiger partial charge in [-0.25, -0.2) is 0 Å². The normalized spacial score (nSPS) is 14.9. The predicted octanol–water partition coefficient (Wildman–Crippen LogP) is 14.0. The topological polar surface area (TPSA) is 9.23 Å². The molecule has 0 fully saturated rings. The summed E-state index contributed by atoms with van der Waals surface area (Å²) in [6.45, 7) is 22.7. The van der Waals surface area contributed by atoms with Gasteiger partial charge in [0.05, 0.1) is 5.60 Å². The molecule has 242 valence electrons. The van der Waals surface area contributed by atoms with Crippen LogP contribution >= 0.6 is 0 Å². The van der Waals surface area contributed by atoms with Crippen molar-refractivity contribution in [3.8, 4) is 0 Å². The van der Waals surface area contributed by atoms with Crippen LogP contribution in [0.3, 0.4) is 0 Å². The van der Waals surface area contributed by atoms with Crippen LogP contribution in [0.25, 0.3) is 0 Å². The Labute approximate surface area is 264 Å². The monoisotopic (exact) mass is 581 g/mol. The summed E-state index contributed by atoms with van der Waals surface area (Å²) in [4.78, 5) is 0. The van der Waals surface area contributed by atoms with Crippen LogP contribution in [0.5, 0.6) is 0 Å². The lowest BCUT2D eigenvalue weighted by Gasteiger charge is -2.23. The van der Waals surface area contributed by atoms with E-state index in [0.717, 1.165) is 12.3 Å². The molecular formula is C41H72O. The van der Waals surface area contributed by atoms with Gasteiger partial charge in [-0.3, -0.25) is 0 Å². The summed E-state index contributed by atoms with van der Waals surface area (Å²) >= 11 is 0. The van der Waals surface area contributed by atoms with Crippen LogP contribution in [0.2, 0.25) is 0 Å². The van der Waals surface area contributed by atoms with Gasteiger partial charge in [-0.2, -0.15) is 0 Å². The molecule has 42 heavy (non-hydrogen) atoms. The van der Waals surface area contributed by atoms with Gasteiger partial charge in [0.1, 0.15) is 0 Å². The zero-order valence-corrected chi connectivity index (χ0v) is 30.3. The fourth-order valence-corrected chi connectivity index (χ4v) is 5.20. The van der Waals surface area contributed by atoms with Crippen molar-refractivity contribution in [3.63, 3.8) is 0 Å². The molecule has 0 aromatic rings. The molecule has 0 aromatic carbocycles. The Morgan fingerprint density at radius 3 is 1.38 bits per heavy atom. The summed E-state index contributed by atoms with van der Waals surface area (Å²) in [5, 5.41) is 0. The van der Waals surface area contributed by atoms with E-state index in [1.165, 1.54) is 113 Å². The van der Waals surface area contributed by atoms with Crippen molar-refractivity contribution in [1.82, 2.24) is 0 Å². The molecule has 1 unspecified atom stereocenters. The summed E-state index contributed by atoms with van der Waals surface area (Å²) in [5.74, 6) is 0.798. The van der Waals surface area contributed by atoms with Gasteiger partial charge in [0.2, 0.25) is 0 Å². The number of rotatable bonds is 24. The highest BCUT2D eigenvalue weighted by atomic mass is 16.5. The minimum atomic E-state index is 0.0247. The van der Waals surface area contributed by atoms with Gasteiger partial charge in [-0.05, 0) is 158 Å². The predicted molar refractivity (Wildman–Crippen MR) is 192 cm³/mol. The van der Waals surface area contributed by atoms with E-state index < -0.39 is 0 Å². The molecule has 1 nitrogen and oxygen atoms in total. The molecule has 0 aromatic heterocycles. The average molecular weight is 581 g/mol. The first-order valence-corrected chi connectivity index (χ1v) is 17.3. The van der Waals surface area contributed by atoms with E-state index in [-0.39, 0.29) is 5.60 Å². The quantitative estimate of drug-likeness (QED) is 0.0815. The molecule has 0 bridgehead atoms. The highest BCUT2D eigenvalue weighted by molar-refractivity contribution is 5.08. The van der Waals surface area contributed by atoms with E-state index in [1.807, 2.05) is 7.11 Å². The molecule has 0 aliphatic carbocycles. The number of ether oxygens (including phenoxy) is 1. The SMILES string of the molecule is COC(C)(C)CCCC(C)CC/C=C(\C)CC/C=C(/C)CCC/C=C(\C)CC/C=C(\C)CC/C=C(/C)CCC=C(C)C. The van der Waals surface area contributed by atoms with Gasteiger partial charge in [-0.15, -0.1) is 0 Å². The molecule has 0 heterocycles. The van der Waals surface area contributed by atoms with Crippen molar-refractivity contribution in [2.75, 3.05) is 7.11 Å². The minimum Gasteiger partial charge on any atom is -0.379 e. The Kier molecular flexibility index (Phi) is 23.9. The lowest BCUT2D eigenvalue weighted by molar-refractivity contribution is 0.0127. The third kappa shape index (κ3) is 26.1. The maximum absolute atomic E-state index is 5.55. The standard InChI is InChI=1S/C41H72O/c1-34(2)20-14-23-37(5)26-17-29-38(6)27-15-24-35(3)21-12-13-22-36(4)25-16-28-39(7)30-18-31-40(8)32-19-33-41(9,10)42-11/h20-21,25-27,30,40H,12-19,22-24,28-29,31-33H2,1-11H3/b35-21+,36-25-,37-26-,38-27+,39-30+. The molecule has 0 rings (SSSR count). The van der Waals surface area contributed by atoms with Gasteiger partial charge in [0, 0.05) is 7.11 Å². The molecule has 1 atom stereocenters. The Morgan fingerprint density at radius 1 is 0.524 bits per heavy atom. The highest BCUT2D eigenvalue weighted by Crippen LogP contribution is 2.22. The molecule has 0 aliphatic rings. The third-order valence-corrected chi connectivity index (χ3v) is 8.63. The Hall–Kier alpha value is -1.60. The fourth-order valence-electron chi connectivity index (χ4n) is 5.20. The van der Waals surface area contributed by atoms with Crippen LogP contribution in [0.4, 0.5) is 0 Å². The largest absolute Gasteiger partial charge is 0.379 e. The van der Waals surface area contributed by atoms with Crippen LogP contribution in [0.15, 0.2) is 69.9 Å². The maximum Gasteiger partial charge on any atom is 0.0622 e. The van der Waals surface area contributed by atoms with E-state index in [4.69, 9.17) is 4.74 Å². The van der Waals surface area contributed by atoms with Crippen LogP contribution in [-0.4, -0.2) is 12.7 Å². The smallest absolute Gasteiger partial charge is 0.0622 e. The minimum absolute atomic E-state index is 0.0247. The van der Waals surface area contributed by atoms with Gasteiger partial charge in [-0.1, -0.05) is 89.7 Å². The van der Waals surface area contributed by atoms with Gasteiger partial charge in [0.25, 0.3) is 0 Å². The summed E-state index contributed by atoms with van der Waals surface area (Å²) in [7, 11) is 1.82.